The minimum Gasteiger partial charge on any atom is -0.353 e. The molecule has 2 fully saturated rings. The number of piperidine rings is 1. The smallest absolute Gasteiger partial charge is 0.246 e. The van der Waals surface area contributed by atoms with Gasteiger partial charge in [-0.3, -0.25) is 4.79 Å². The van der Waals surface area contributed by atoms with Crippen molar-refractivity contribution in [1.29, 1.82) is 0 Å². The third-order valence-corrected chi connectivity index (χ3v) is 4.85. The molecule has 1 aromatic rings. The molecule has 2 aliphatic rings. The zero-order valence-electron chi connectivity index (χ0n) is 13.4. The number of carbonyl (C=O) groups is 1. The number of hydrogen-bond donors (Lipinski definition) is 2. The Hall–Kier alpha value is -1.43. The summed E-state index contributed by atoms with van der Waals surface area (Å²) in [7, 11) is 0. The minimum absolute atomic E-state index is 0.000932. The first kappa shape index (κ1) is 15.5. The van der Waals surface area contributed by atoms with Gasteiger partial charge >= 0.3 is 0 Å². The van der Waals surface area contributed by atoms with Crippen LogP contribution in [0.25, 0.3) is 0 Å². The predicted octanol–water partition coefficient (Wildman–Crippen LogP) is 2.05. The van der Waals surface area contributed by atoms with E-state index in [1.54, 1.807) is 0 Å². The molecule has 1 atom stereocenters. The fourth-order valence-corrected chi connectivity index (χ4v) is 3.46. The van der Waals surface area contributed by atoms with Gasteiger partial charge < -0.3 is 15.2 Å². The first-order chi connectivity index (χ1) is 10.7. The number of nitrogens with zero attached hydrogens (tertiary/aromatic N) is 2. The summed E-state index contributed by atoms with van der Waals surface area (Å²) in [5, 5.41) is 10.5. The van der Waals surface area contributed by atoms with Crippen LogP contribution in [0.2, 0.25) is 0 Å². The molecule has 22 heavy (non-hydrogen) atoms. The van der Waals surface area contributed by atoms with Crippen molar-refractivity contribution in [2.45, 2.75) is 76.3 Å². The molecule has 1 aliphatic heterocycles. The molecular weight excluding hydrogens is 280 g/mol. The van der Waals surface area contributed by atoms with Crippen LogP contribution in [-0.2, 0) is 16.8 Å². The Morgan fingerprint density at radius 1 is 1.32 bits per heavy atom. The lowest BCUT2D eigenvalue weighted by molar-refractivity contribution is -0.121. The summed E-state index contributed by atoms with van der Waals surface area (Å²) >= 11 is 0. The fourth-order valence-electron chi connectivity index (χ4n) is 3.46. The highest BCUT2D eigenvalue weighted by molar-refractivity contribution is 5.78. The normalized spacial score (nSPS) is 26.8. The van der Waals surface area contributed by atoms with Crippen LogP contribution in [0.5, 0.6) is 0 Å². The van der Waals surface area contributed by atoms with Crippen LogP contribution < -0.4 is 10.6 Å². The summed E-state index contributed by atoms with van der Waals surface area (Å²) in [6.45, 7) is 3.06. The third-order valence-electron chi connectivity index (χ3n) is 4.85. The molecule has 1 unspecified atom stereocenters. The van der Waals surface area contributed by atoms with Gasteiger partial charge in [0.05, 0.1) is 12.0 Å². The lowest BCUT2D eigenvalue weighted by atomic mass is 9.91. The summed E-state index contributed by atoms with van der Waals surface area (Å²) in [5.74, 6) is 1.09. The molecule has 1 saturated carbocycles. The van der Waals surface area contributed by atoms with E-state index in [9.17, 15) is 4.79 Å². The van der Waals surface area contributed by atoms with Gasteiger partial charge in [-0.1, -0.05) is 24.4 Å². The van der Waals surface area contributed by atoms with Crippen molar-refractivity contribution < 1.29 is 9.32 Å². The van der Waals surface area contributed by atoms with Crippen LogP contribution in [0, 0.1) is 0 Å². The predicted molar refractivity (Wildman–Crippen MR) is 82.2 cm³/mol. The average Bonchev–Trinajstić information content (AvgIpc) is 2.98. The van der Waals surface area contributed by atoms with Gasteiger partial charge in [-0.15, -0.1) is 0 Å². The molecule has 3 rings (SSSR count). The fraction of sp³-hybridized carbons (Fsp3) is 0.812. The van der Waals surface area contributed by atoms with Gasteiger partial charge in [0, 0.05) is 6.04 Å². The maximum Gasteiger partial charge on any atom is 0.246 e. The van der Waals surface area contributed by atoms with E-state index in [0.717, 1.165) is 32.2 Å². The van der Waals surface area contributed by atoms with Crippen molar-refractivity contribution in [3.63, 3.8) is 0 Å². The molecule has 2 N–H and O–H groups in total. The molecule has 1 aromatic heterocycles. The zero-order valence-corrected chi connectivity index (χ0v) is 13.4. The van der Waals surface area contributed by atoms with Crippen molar-refractivity contribution in [3.05, 3.63) is 11.7 Å². The van der Waals surface area contributed by atoms with Gasteiger partial charge in [0.15, 0.2) is 5.82 Å². The molecule has 0 aromatic carbocycles. The monoisotopic (exact) mass is 306 g/mol. The van der Waals surface area contributed by atoms with Crippen LogP contribution in [0.1, 0.15) is 70.0 Å². The topological polar surface area (TPSA) is 80.1 Å². The molecule has 1 saturated heterocycles. The Kier molecular flexibility index (Phi) is 4.76. The Balaban J connectivity index is 1.55. The Morgan fingerprint density at radius 3 is 2.86 bits per heavy atom. The second kappa shape index (κ2) is 6.77. The summed E-state index contributed by atoms with van der Waals surface area (Å²) in [4.78, 5) is 16.5. The van der Waals surface area contributed by atoms with Crippen molar-refractivity contribution in [1.82, 2.24) is 20.8 Å². The molecule has 0 spiro atoms. The summed E-state index contributed by atoms with van der Waals surface area (Å²) < 4.78 is 5.39. The van der Waals surface area contributed by atoms with E-state index < -0.39 is 0 Å². The second-order valence-corrected chi connectivity index (χ2v) is 6.81. The van der Waals surface area contributed by atoms with Gasteiger partial charge in [0.25, 0.3) is 0 Å². The largest absolute Gasteiger partial charge is 0.353 e. The highest BCUT2D eigenvalue weighted by Gasteiger charge is 2.34. The Morgan fingerprint density at radius 2 is 2.14 bits per heavy atom. The highest BCUT2D eigenvalue weighted by atomic mass is 16.5. The van der Waals surface area contributed by atoms with Crippen LogP contribution in [0.3, 0.4) is 0 Å². The molecule has 122 valence electrons. The van der Waals surface area contributed by atoms with Crippen molar-refractivity contribution in [2.24, 2.45) is 0 Å². The molecule has 1 aliphatic carbocycles. The van der Waals surface area contributed by atoms with Gasteiger partial charge in [-0.05, 0) is 45.6 Å². The van der Waals surface area contributed by atoms with E-state index in [2.05, 4.69) is 27.7 Å². The number of amides is 1. The first-order valence-electron chi connectivity index (χ1n) is 8.53. The number of hydrogen-bond acceptors (Lipinski definition) is 5. The molecule has 6 heteroatoms. The van der Waals surface area contributed by atoms with Crippen LogP contribution in [0.4, 0.5) is 0 Å². The summed E-state index contributed by atoms with van der Waals surface area (Å²) in [6, 6.07) is 0.324. The van der Waals surface area contributed by atoms with Crippen molar-refractivity contribution >= 4 is 5.91 Å². The van der Waals surface area contributed by atoms with Crippen LogP contribution >= 0.6 is 0 Å². The first-order valence-corrected chi connectivity index (χ1v) is 8.53. The van der Waals surface area contributed by atoms with Gasteiger partial charge in [0.1, 0.15) is 0 Å². The summed E-state index contributed by atoms with van der Waals surface area (Å²) in [6.07, 6.45) is 9.41. The summed E-state index contributed by atoms with van der Waals surface area (Å²) in [5.41, 5.74) is -0.247. The quantitative estimate of drug-likeness (QED) is 0.890. The van der Waals surface area contributed by atoms with Crippen LogP contribution in [-0.4, -0.2) is 28.6 Å². The maximum atomic E-state index is 12.1. The number of aromatic nitrogens is 2. The van der Waals surface area contributed by atoms with E-state index >= 15 is 0 Å². The maximum absolute atomic E-state index is 12.1. The molecule has 0 bridgehead atoms. The molecule has 6 nitrogen and oxygen atoms in total. The van der Waals surface area contributed by atoms with Crippen molar-refractivity contribution in [2.75, 3.05) is 6.54 Å². The second-order valence-electron chi connectivity index (χ2n) is 6.81. The molecular formula is C16H26N4O2. The number of rotatable bonds is 4. The Bertz CT molecular complexity index is 502. The lowest BCUT2D eigenvalue weighted by Crippen LogP contribution is -2.43. The molecule has 2 heterocycles. The minimum atomic E-state index is -0.247. The number of nitrogens with one attached hydrogen (secondary N) is 2. The zero-order chi connectivity index (χ0) is 15.4. The van der Waals surface area contributed by atoms with Crippen molar-refractivity contribution in [3.8, 4) is 0 Å². The van der Waals surface area contributed by atoms with E-state index in [-0.39, 0.29) is 17.9 Å². The van der Waals surface area contributed by atoms with E-state index in [1.165, 1.54) is 25.7 Å². The molecule has 1 amide bonds. The Labute approximate surface area is 131 Å². The van der Waals surface area contributed by atoms with Gasteiger partial charge in [-0.2, -0.15) is 4.98 Å². The van der Waals surface area contributed by atoms with Crippen LogP contribution in [0.15, 0.2) is 4.52 Å². The van der Waals surface area contributed by atoms with E-state index in [4.69, 9.17) is 4.52 Å². The van der Waals surface area contributed by atoms with E-state index in [1.807, 2.05) is 0 Å². The van der Waals surface area contributed by atoms with Gasteiger partial charge in [0.2, 0.25) is 11.8 Å². The lowest BCUT2D eigenvalue weighted by Gasteiger charge is -2.31. The third kappa shape index (κ3) is 3.66. The SMILES string of the molecule is CC1(c2nc(CC(=O)NC3CCCCC3)no2)CCCCN1. The van der Waals surface area contributed by atoms with E-state index in [0.29, 0.717) is 17.8 Å². The highest BCUT2D eigenvalue weighted by Crippen LogP contribution is 2.28. The van der Waals surface area contributed by atoms with Gasteiger partial charge in [-0.25, -0.2) is 0 Å². The molecule has 0 radical (unpaired) electrons. The standard InChI is InChI=1S/C16H26N4O2/c1-16(9-5-6-10-17-16)15-19-13(20-22-15)11-14(21)18-12-7-3-2-4-8-12/h12,17H,2-11H2,1H3,(H,18,21). The average molecular weight is 306 g/mol. The number of carbonyl (C=O) groups excluding carboxylic acids is 1.